The maximum atomic E-state index is 13.5. The summed E-state index contributed by atoms with van der Waals surface area (Å²) in [5, 5.41) is 0. The Hall–Kier alpha value is -3.03. The number of carbonyl (C=O) groups is 2. The summed E-state index contributed by atoms with van der Waals surface area (Å²) in [7, 11) is 0. The number of ether oxygens (including phenoxy) is 1. The number of likely N-dealkylation sites (tertiary alicyclic amines) is 1. The number of hydrogen-bond donors (Lipinski definition) is 1. The fourth-order valence-corrected chi connectivity index (χ4v) is 2.21. The number of nitrogens with zero attached hydrogens (tertiary/aromatic N) is 3. The highest BCUT2D eigenvalue weighted by atomic mass is 19.1. The molecule has 23 heavy (non-hydrogen) atoms. The largest absolute Gasteiger partial charge is 0.487 e. The highest BCUT2D eigenvalue weighted by Gasteiger charge is 2.33. The molecule has 2 aromatic heterocycles. The molecule has 118 valence electrons. The number of rotatable bonds is 4. The van der Waals surface area contributed by atoms with Gasteiger partial charge in [-0.1, -0.05) is 0 Å². The first-order valence-corrected chi connectivity index (χ1v) is 6.86. The Labute approximate surface area is 130 Å². The van der Waals surface area contributed by atoms with E-state index in [0.717, 1.165) is 6.20 Å². The minimum atomic E-state index is -0.651. The number of pyridine rings is 2. The monoisotopic (exact) mass is 316 g/mol. The lowest BCUT2D eigenvalue weighted by atomic mass is 10.1. The van der Waals surface area contributed by atoms with E-state index < -0.39 is 17.6 Å². The Morgan fingerprint density at radius 1 is 1.30 bits per heavy atom. The molecule has 1 saturated heterocycles. The molecule has 0 bridgehead atoms. The maximum Gasteiger partial charge on any atom is 0.267 e. The molecule has 8 heteroatoms. The molecule has 0 aliphatic carbocycles. The van der Waals surface area contributed by atoms with Crippen LogP contribution < -0.4 is 10.5 Å². The number of amides is 2. The normalized spacial score (nSPS) is 14.2. The van der Waals surface area contributed by atoms with E-state index >= 15 is 0 Å². The van der Waals surface area contributed by atoms with Gasteiger partial charge < -0.3 is 15.4 Å². The summed E-state index contributed by atoms with van der Waals surface area (Å²) in [6.45, 7) is 0.656. The number of hydrogen-bond acceptors (Lipinski definition) is 5. The van der Waals surface area contributed by atoms with Gasteiger partial charge in [-0.15, -0.1) is 0 Å². The molecule has 0 unspecified atom stereocenters. The highest BCUT2D eigenvalue weighted by Crippen LogP contribution is 2.20. The van der Waals surface area contributed by atoms with Gasteiger partial charge in [0.15, 0.2) is 5.82 Å². The topological polar surface area (TPSA) is 98.4 Å². The van der Waals surface area contributed by atoms with Crippen molar-refractivity contribution in [3.05, 3.63) is 53.9 Å². The fourth-order valence-electron chi connectivity index (χ4n) is 2.21. The molecule has 0 aromatic carbocycles. The lowest BCUT2D eigenvalue weighted by molar-refractivity contribution is 0.0174. The van der Waals surface area contributed by atoms with Crippen molar-refractivity contribution in [1.29, 1.82) is 0 Å². The zero-order chi connectivity index (χ0) is 16.4. The van der Waals surface area contributed by atoms with Crippen LogP contribution in [-0.2, 0) is 0 Å². The van der Waals surface area contributed by atoms with Crippen LogP contribution in [0.3, 0.4) is 0 Å². The number of halogens is 1. The average Bonchev–Trinajstić information content (AvgIpc) is 2.50. The quantitative estimate of drug-likeness (QED) is 0.891. The van der Waals surface area contributed by atoms with E-state index in [1.54, 1.807) is 6.07 Å². The smallest absolute Gasteiger partial charge is 0.267 e. The van der Waals surface area contributed by atoms with Crippen molar-refractivity contribution in [3.8, 4) is 5.75 Å². The van der Waals surface area contributed by atoms with E-state index in [1.165, 1.54) is 29.4 Å². The van der Waals surface area contributed by atoms with Crippen LogP contribution >= 0.6 is 0 Å². The third-order valence-corrected chi connectivity index (χ3v) is 3.42. The first-order valence-electron chi connectivity index (χ1n) is 6.86. The van der Waals surface area contributed by atoms with E-state index in [2.05, 4.69) is 9.97 Å². The highest BCUT2D eigenvalue weighted by molar-refractivity contribution is 5.95. The third kappa shape index (κ3) is 3.10. The summed E-state index contributed by atoms with van der Waals surface area (Å²) in [4.78, 5) is 32.1. The predicted octanol–water partition coefficient (Wildman–Crippen LogP) is 0.618. The van der Waals surface area contributed by atoms with E-state index in [1.807, 2.05) is 0 Å². The van der Waals surface area contributed by atoms with Crippen LogP contribution in [0.25, 0.3) is 0 Å². The van der Waals surface area contributed by atoms with Crippen LogP contribution in [0, 0.1) is 5.82 Å². The van der Waals surface area contributed by atoms with Gasteiger partial charge in [-0.3, -0.25) is 19.6 Å². The van der Waals surface area contributed by atoms with Crippen LogP contribution in [0.5, 0.6) is 5.75 Å². The first-order chi connectivity index (χ1) is 11.0. The van der Waals surface area contributed by atoms with Gasteiger partial charge in [0.1, 0.15) is 17.5 Å². The molecule has 1 aliphatic rings. The van der Waals surface area contributed by atoms with Gasteiger partial charge in [-0.05, 0) is 12.1 Å². The minimum absolute atomic E-state index is 0.0154. The summed E-state index contributed by atoms with van der Waals surface area (Å²) in [5.41, 5.74) is 5.24. The second-order valence-corrected chi connectivity index (χ2v) is 5.05. The van der Waals surface area contributed by atoms with Crippen molar-refractivity contribution in [3.63, 3.8) is 0 Å². The first kappa shape index (κ1) is 14.9. The molecular formula is C15H13FN4O3. The van der Waals surface area contributed by atoms with Gasteiger partial charge in [-0.2, -0.15) is 0 Å². The second kappa shape index (κ2) is 5.99. The summed E-state index contributed by atoms with van der Waals surface area (Å²) in [6.07, 6.45) is 3.56. The van der Waals surface area contributed by atoms with E-state index in [-0.39, 0.29) is 17.4 Å². The molecule has 1 aliphatic heterocycles. The van der Waals surface area contributed by atoms with Crippen LogP contribution in [-0.4, -0.2) is 45.9 Å². The van der Waals surface area contributed by atoms with Gasteiger partial charge in [0.25, 0.3) is 11.8 Å². The van der Waals surface area contributed by atoms with E-state index in [0.29, 0.717) is 18.8 Å². The van der Waals surface area contributed by atoms with Crippen LogP contribution in [0.2, 0.25) is 0 Å². The Kier molecular flexibility index (Phi) is 3.88. The van der Waals surface area contributed by atoms with Crippen molar-refractivity contribution in [1.82, 2.24) is 14.9 Å². The molecule has 0 radical (unpaired) electrons. The average molecular weight is 316 g/mol. The van der Waals surface area contributed by atoms with Crippen molar-refractivity contribution in [2.75, 3.05) is 13.1 Å². The summed E-state index contributed by atoms with van der Waals surface area (Å²) in [5.74, 6) is -1.26. The number of carbonyl (C=O) groups excluding carboxylic acids is 2. The lowest BCUT2D eigenvalue weighted by Crippen LogP contribution is -2.56. The molecule has 2 N–H and O–H groups in total. The number of primary amides is 1. The Morgan fingerprint density at radius 2 is 2.09 bits per heavy atom. The molecule has 3 heterocycles. The number of nitrogens with two attached hydrogens (primary N) is 1. The van der Waals surface area contributed by atoms with Gasteiger partial charge in [-0.25, -0.2) is 4.39 Å². The van der Waals surface area contributed by atoms with Crippen molar-refractivity contribution in [2.45, 2.75) is 6.10 Å². The molecule has 3 rings (SSSR count). The molecule has 0 spiro atoms. The van der Waals surface area contributed by atoms with Gasteiger partial charge >= 0.3 is 0 Å². The Morgan fingerprint density at radius 3 is 2.78 bits per heavy atom. The van der Waals surface area contributed by atoms with E-state index in [9.17, 15) is 14.0 Å². The van der Waals surface area contributed by atoms with Crippen LogP contribution in [0.15, 0.2) is 36.8 Å². The molecular weight excluding hydrogens is 303 g/mol. The molecule has 1 fully saturated rings. The SMILES string of the molecule is NC(=O)c1cc(OC2CN(C(=O)c3ccncc3F)C2)ccn1. The van der Waals surface area contributed by atoms with Crippen molar-refractivity contribution in [2.24, 2.45) is 5.73 Å². The molecule has 0 saturated carbocycles. The molecule has 7 nitrogen and oxygen atoms in total. The number of aromatic nitrogens is 2. The second-order valence-electron chi connectivity index (χ2n) is 5.05. The van der Waals surface area contributed by atoms with Crippen molar-refractivity contribution < 1.29 is 18.7 Å². The zero-order valence-corrected chi connectivity index (χ0v) is 12.0. The molecule has 2 amide bonds. The third-order valence-electron chi connectivity index (χ3n) is 3.42. The Bertz CT molecular complexity index is 762. The zero-order valence-electron chi connectivity index (χ0n) is 12.0. The molecule has 0 atom stereocenters. The van der Waals surface area contributed by atoms with E-state index in [4.69, 9.17) is 10.5 Å². The standard InChI is InChI=1S/C15H13FN4O3/c16-12-6-18-3-2-11(12)15(22)20-7-10(8-20)23-9-1-4-19-13(5-9)14(17)21/h1-6,10H,7-8H2,(H2,17,21). The van der Waals surface area contributed by atoms with Gasteiger partial charge in [0.05, 0.1) is 24.8 Å². The molecule has 2 aromatic rings. The summed E-state index contributed by atoms with van der Waals surface area (Å²) < 4.78 is 19.2. The van der Waals surface area contributed by atoms with Gasteiger partial charge in [0.2, 0.25) is 0 Å². The predicted molar refractivity (Wildman–Crippen MR) is 77.3 cm³/mol. The minimum Gasteiger partial charge on any atom is -0.487 e. The van der Waals surface area contributed by atoms with Crippen LogP contribution in [0.1, 0.15) is 20.8 Å². The lowest BCUT2D eigenvalue weighted by Gasteiger charge is -2.39. The fraction of sp³-hybridized carbons (Fsp3) is 0.200. The maximum absolute atomic E-state index is 13.5. The summed E-state index contributed by atoms with van der Waals surface area (Å²) in [6, 6.07) is 4.38. The Balaban J connectivity index is 1.59. The van der Waals surface area contributed by atoms with Crippen LogP contribution in [0.4, 0.5) is 4.39 Å². The summed E-state index contributed by atoms with van der Waals surface area (Å²) >= 11 is 0. The van der Waals surface area contributed by atoms with Gasteiger partial charge in [0, 0.05) is 18.5 Å². The van der Waals surface area contributed by atoms with Crippen molar-refractivity contribution >= 4 is 11.8 Å².